The van der Waals surface area contributed by atoms with Crippen LogP contribution in [0.4, 0.5) is 5.82 Å². The number of nitrogens with zero attached hydrogens (tertiary/aromatic N) is 3. The van der Waals surface area contributed by atoms with Gasteiger partial charge in [0.15, 0.2) is 0 Å². The molecule has 1 aromatic rings. The Hall–Kier alpha value is -1.60. The SMILES string of the molecule is Cc1cc(NN(C)C)nc(C)c1C#N. The van der Waals surface area contributed by atoms with Crippen LogP contribution in [-0.4, -0.2) is 24.1 Å². The second-order valence-electron chi connectivity index (χ2n) is 3.40. The predicted molar refractivity (Wildman–Crippen MR) is 55.7 cm³/mol. The van der Waals surface area contributed by atoms with E-state index in [1.54, 1.807) is 0 Å². The van der Waals surface area contributed by atoms with Crippen LogP contribution in [0.2, 0.25) is 0 Å². The smallest absolute Gasteiger partial charge is 0.140 e. The minimum Gasteiger partial charge on any atom is -0.304 e. The lowest BCUT2D eigenvalue weighted by atomic mass is 10.1. The summed E-state index contributed by atoms with van der Waals surface area (Å²) in [5.41, 5.74) is 5.42. The third-order valence-corrected chi connectivity index (χ3v) is 1.85. The van der Waals surface area contributed by atoms with Crippen molar-refractivity contribution < 1.29 is 0 Å². The Kier molecular flexibility index (Phi) is 3.05. The lowest BCUT2D eigenvalue weighted by Gasteiger charge is -2.14. The highest BCUT2D eigenvalue weighted by Crippen LogP contribution is 2.15. The predicted octanol–water partition coefficient (Wildman–Crippen LogP) is 1.46. The average Bonchev–Trinajstić information content (AvgIpc) is 2.01. The number of aromatic nitrogens is 1. The molecule has 0 spiro atoms. The maximum atomic E-state index is 8.85. The third-order valence-electron chi connectivity index (χ3n) is 1.85. The molecule has 1 rings (SSSR count). The van der Waals surface area contributed by atoms with Crippen molar-refractivity contribution in [3.05, 3.63) is 22.9 Å². The van der Waals surface area contributed by atoms with Gasteiger partial charge in [0, 0.05) is 14.1 Å². The molecule has 4 nitrogen and oxygen atoms in total. The molecule has 0 aromatic carbocycles. The Balaban J connectivity index is 3.09. The van der Waals surface area contributed by atoms with Crippen molar-refractivity contribution in [2.75, 3.05) is 19.5 Å². The summed E-state index contributed by atoms with van der Waals surface area (Å²) in [5.74, 6) is 0.768. The van der Waals surface area contributed by atoms with Gasteiger partial charge in [0.05, 0.1) is 11.3 Å². The summed E-state index contributed by atoms with van der Waals surface area (Å²) in [6, 6.07) is 4.01. The van der Waals surface area contributed by atoms with Crippen molar-refractivity contribution in [3.8, 4) is 6.07 Å². The third kappa shape index (κ3) is 2.21. The fraction of sp³-hybridized carbons (Fsp3) is 0.400. The Labute approximate surface area is 84.1 Å². The molecule has 14 heavy (non-hydrogen) atoms. The van der Waals surface area contributed by atoms with E-state index in [1.807, 2.05) is 39.0 Å². The van der Waals surface area contributed by atoms with E-state index < -0.39 is 0 Å². The normalized spacial score (nSPS) is 10.0. The molecule has 0 amide bonds. The standard InChI is InChI=1S/C10H14N4/c1-7-5-10(13-14(3)4)12-8(2)9(7)6-11/h5H,1-4H3,(H,12,13). The molecule has 74 valence electrons. The number of nitriles is 1. The molecule has 0 aliphatic rings. The van der Waals surface area contributed by atoms with Crippen LogP contribution in [0.1, 0.15) is 16.8 Å². The van der Waals surface area contributed by atoms with E-state index in [0.717, 1.165) is 17.1 Å². The first-order chi connectivity index (χ1) is 6.54. The molecule has 1 aromatic heterocycles. The first-order valence-electron chi connectivity index (χ1n) is 4.37. The monoisotopic (exact) mass is 190 g/mol. The number of pyridine rings is 1. The average molecular weight is 190 g/mol. The molecule has 0 saturated heterocycles. The largest absolute Gasteiger partial charge is 0.304 e. The van der Waals surface area contributed by atoms with Gasteiger partial charge in [0.1, 0.15) is 11.9 Å². The maximum Gasteiger partial charge on any atom is 0.140 e. The van der Waals surface area contributed by atoms with Gasteiger partial charge in [-0.25, -0.2) is 9.99 Å². The number of anilines is 1. The molecule has 0 aliphatic carbocycles. The highest BCUT2D eigenvalue weighted by atomic mass is 15.5. The number of hydrazine groups is 1. The van der Waals surface area contributed by atoms with Gasteiger partial charge < -0.3 is 5.43 Å². The fourth-order valence-corrected chi connectivity index (χ4v) is 1.29. The Bertz CT molecular complexity index is 353. The van der Waals surface area contributed by atoms with Crippen molar-refractivity contribution in [2.24, 2.45) is 0 Å². The van der Waals surface area contributed by atoms with Crippen molar-refractivity contribution in [3.63, 3.8) is 0 Å². The highest BCUT2D eigenvalue weighted by Gasteiger charge is 2.05. The highest BCUT2D eigenvalue weighted by molar-refractivity contribution is 5.48. The molecule has 1 N–H and O–H groups in total. The number of nitrogens with one attached hydrogen (secondary N) is 1. The number of rotatable bonds is 2. The quantitative estimate of drug-likeness (QED) is 0.717. The fourth-order valence-electron chi connectivity index (χ4n) is 1.29. The second-order valence-corrected chi connectivity index (χ2v) is 3.40. The van der Waals surface area contributed by atoms with Gasteiger partial charge in [0.2, 0.25) is 0 Å². The zero-order valence-corrected chi connectivity index (χ0v) is 8.92. The lowest BCUT2D eigenvalue weighted by molar-refractivity contribution is 0.492. The molecule has 0 fully saturated rings. The second kappa shape index (κ2) is 4.07. The molecule has 0 bridgehead atoms. The van der Waals surface area contributed by atoms with E-state index in [9.17, 15) is 0 Å². The Morgan fingerprint density at radius 1 is 1.43 bits per heavy atom. The lowest BCUT2D eigenvalue weighted by Crippen LogP contribution is -2.20. The summed E-state index contributed by atoms with van der Waals surface area (Å²) in [6.07, 6.45) is 0. The molecule has 0 atom stereocenters. The summed E-state index contributed by atoms with van der Waals surface area (Å²) in [4.78, 5) is 4.27. The number of aryl methyl sites for hydroxylation is 2. The number of hydrogen-bond donors (Lipinski definition) is 1. The van der Waals surface area contributed by atoms with Crippen molar-refractivity contribution >= 4 is 5.82 Å². The summed E-state index contributed by atoms with van der Waals surface area (Å²) in [5, 5.41) is 10.7. The van der Waals surface area contributed by atoms with Crippen LogP contribution in [0.5, 0.6) is 0 Å². The van der Waals surface area contributed by atoms with Gasteiger partial charge in [-0.15, -0.1) is 0 Å². The summed E-state index contributed by atoms with van der Waals surface area (Å²) >= 11 is 0. The van der Waals surface area contributed by atoms with Crippen LogP contribution in [0.15, 0.2) is 6.07 Å². The zero-order valence-electron chi connectivity index (χ0n) is 8.92. The van der Waals surface area contributed by atoms with Crippen molar-refractivity contribution in [1.82, 2.24) is 9.99 Å². The van der Waals surface area contributed by atoms with Crippen molar-refractivity contribution in [1.29, 1.82) is 5.26 Å². The van der Waals surface area contributed by atoms with Crippen LogP contribution in [-0.2, 0) is 0 Å². The summed E-state index contributed by atoms with van der Waals surface area (Å²) in [7, 11) is 3.79. The van der Waals surface area contributed by atoms with Gasteiger partial charge >= 0.3 is 0 Å². The molecule has 0 aliphatic heterocycles. The first kappa shape index (κ1) is 10.5. The topological polar surface area (TPSA) is 52.0 Å². The minimum atomic E-state index is 0.661. The molecule has 0 radical (unpaired) electrons. The Morgan fingerprint density at radius 3 is 2.50 bits per heavy atom. The summed E-state index contributed by atoms with van der Waals surface area (Å²) in [6.45, 7) is 3.75. The Morgan fingerprint density at radius 2 is 2.07 bits per heavy atom. The maximum absolute atomic E-state index is 8.85. The van der Waals surface area contributed by atoms with Gasteiger partial charge in [-0.3, -0.25) is 0 Å². The molecule has 1 heterocycles. The van der Waals surface area contributed by atoms with Gasteiger partial charge in [0.25, 0.3) is 0 Å². The van der Waals surface area contributed by atoms with Crippen LogP contribution in [0.3, 0.4) is 0 Å². The molecular weight excluding hydrogens is 176 g/mol. The molecular formula is C10H14N4. The molecule has 0 saturated carbocycles. The zero-order chi connectivity index (χ0) is 10.7. The van der Waals surface area contributed by atoms with E-state index in [1.165, 1.54) is 0 Å². The van der Waals surface area contributed by atoms with Gasteiger partial charge in [-0.1, -0.05) is 0 Å². The van der Waals surface area contributed by atoms with Gasteiger partial charge in [-0.2, -0.15) is 5.26 Å². The van der Waals surface area contributed by atoms with Gasteiger partial charge in [-0.05, 0) is 25.5 Å². The molecule has 0 unspecified atom stereocenters. The molecule has 4 heteroatoms. The van der Waals surface area contributed by atoms with Crippen LogP contribution >= 0.6 is 0 Å². The van der Waals surface area contributed by atoms with E-state index >= 15 is 0 Å². The van der Waals surface area contributed by atoms with E-state index in [4.69, 9.17) is 5.26 Å². The van der Waals surface area contributed by atoms with E-state index in [0.29, 0.717) is 5.56 Å². The van der Waals surface area contributed by atoms with Crippen LogP contribution in [0, 0.1) is 25.2 Å². The summed E-state index contributed by atoms with van der Waals surface area (Å²) < 4.78 is 0. The van der Waals surface area contributed by atoms with E-state index in [-0.39, 0.29) is 0 Å². The number of hydrogen-bond acceptors (Lipinski definition) is 4. The van der Waals surface area contributed by atoms with Crippen LogP contribution in [0.25, 0.3) is 0 Å². The minimum absolute atomic E-state index is 0.661. The first-order valence-corrected chi connectivity index (χ1v) is 4.37. The van der Waals surface area contributed by atoms with E-state index in [2.05, 4.69) is 16.5 Å². The van der Waals surface area contributed by atoms with Crippen LogP contribution < -0.4 is 5.43 Å². The van der Waals surface area contributed by atoms with Crippen molar-refractivity contribution in [2.45, 2.75) is 13.8 Å².